The summed E-state index contributed by atoms with van der Waals surface area (Å²) in [6.45, 7) is 7.75. The minimum absolute atomic E-state index is 0. The summed E-state index contributed by atoms with van der Waals surface area (Å²) in [6, 6.07) is 6.52. The number of hydrogen-bond donors (Lipinski definition) is 2. The normalized spacial score (nSPS) is 16.0. The van der Waals surface area contributed by atoms with E-state index in [0.717, 1.165) is 31.0 Å². The van der Waals surface area contributed by atoms with Gasteiger partial charge in [0.05, 0.1) is 24.7 Å². The molecule has 1 aromatic carbocycles. The van der Waals surface area contributed by atoms with Crippen LogP contribution in [0, 0.1) is 17.1 Å². The number of guanidine groups is 1. The number of hydrogen-bond acceptors (Lipinski definition) is 4. The molecule has 0 radical (unpaired) electrons. The topological polar surface area (TPSA) is 90.9 Å². The van der Waals surface area contributed by atoms with E-state index >= 15 is 0 Å². The highest BCUT2D eigenvalue weighted by molar-refractivity contribution is 14.0. The largest absolute Gasteiger partial charge is 0.357 e. The van der Waals surface area contributed by atoms with E-state index < -0.39 is 0 Å². The minimum Gasteiger partial charge on any atom is -0.357 e. The number of benzene rings is 1. The summed E-state index contributed by atoms with van der Waals surface area (Å²) < 4.78 is 16.0. The first-order chi connectivity index (χ1) is 13.5. The Hall–Kier alpha value is -2.22. The lowest BCUT2D eigenvalue weighted by Gasteiger charge is -2.25. The van der Waals surface area contributed by atoms with Gasteiger partial charge in [0, 0.05) is 30.5 Å². The molecule has 7 nitrogen and oxygen atoms in total. The van der Waals surface area contributed by atoms with Crippen molar-refractivity contribution in [1.82, 2.24) is 25.4 Å². The van der Waals surface area contributed by atoms with Crippen LogP contribution in [0.15, 0.2) is 23.2 Å². The van der Waals surface area contributed by atoms with E-state index in [-0.39, 0.29) is 42.4 Å². The molecule has 1 unspecified atom stereocenters. The van der Waals surface area contributed by atoms with Crippen molar-refractivity contribution in [2.45, 2.75) is 58.7 Å². The number of aliphatic imine (C=N–C) groups is 1. The molecule has 0 spiro atoms. The van der Waals surface area contributed by atoms with Gasteiger partial charge in [-0.15, -0.1) is 24.0 Å². The van der Waals surface area contributed by atoms with Crippen molar-refractivity contribution >= 4 is 29.9 Å². The van der Waals surface area contributed by atoms with E-state index in [1.807, 2.05) is 17.7 Å². The third-order valence-corrected chi connectivity index (χ3v) is 4.66. The van der Waals surface area contributed by atoms with Crippen LogP contribution in [0.3, 0.4) is 0 Å². The Morgan fingerprint density at radius 3 is 2.93 bits per heavy atom. The van der Waals surface area contributed by atoms with Crippen LogP contribution in [0.2, 0.25) is 0 Å². The van der Waals surface area contributed by atoms with Crippen LogP contribution in [0.1, 0.15) is 55.9 Å². The average molecular weight is 511 g/mol. The van der Waals surface area contributed by atoms with Crippen LogP contribution in [0.25, 0.3) is 0 Å². The standard InChI is InChI=1S/C20H26FN7.HI/c1-4-23-20(24-11-15-9-14(10-22)5-7-17(15)21)25-16-6-8-18-26-19(13(2)3)27-28(18)12-16;/h5,7,9,13,16H,4,6,8,11-12H2,1-3H3,(H2,23,24,25);1H. The highest BCUT2D eigenvalue weighted by atomic mass is 127. The van der Waals surface area contributed by atoms with Gasteiger partial charge in [-0.3, -0.25) is 0 Å². The first-order valence-corrected chi connectivity index (χ1v) is 9.67. The molecule has 1 atom stereocenters. The monoisotopic (exact) mass is 511 g/mol. The molecule has 0 saturated heterocycles. The maximum Gasteiger partial charge on any atom is 0.191 e. The summed E-state index contributed by atoms with van der Waals surface area (Å²) in [6.07, 6.45) is 1.79. The number of fused-ring (bicyclic) bond motifs is 1. The van der Waals surface area contributed by atoms with E-state index in [9.17, 15) is 4.39 Å². The molecule has 1 aliphatic rings. The number of nitrogens with one attached hydrogen (secondary N) is 2. The lowest BCUT2D eigenvalue weighted by atomic mass is 10.1. The van der Waals surface area contributed by atoms with Gasteiger partial charge in [0.15, 0.2) is 11.8 Å². The van der Waals surface area contributed by atoms with Gasteiger partial charge in [0.2, 0.25) is 0 Å². The number of aromatic nitrogens is 3. The van der Waals surface area contributed by atoms with Gasteiger partial charge in [-0.05, 0) is 31.5 Å². The molecule has 0 aliphatic carbocycles. The van der Waals surface area contributed by atoms with Gasteiger partial charge in [-0.1, -0.05) is 13.8 Å². The molecule has 0 fully saturated rings. The zero-order valence-corrected chi connectivity index (χ0v) is 19.3. The lowest BCUT2D eigenvalue weighted by molar-refractivity contribution is 0.391. The third kappa shape index (κ3) is 5.88. The van der Waals surface area contributed by atoms with Crippen LogP contribution in [0.5, 0.6) is 0 Å². The second kappa shape index (κ2) is 10.5. The van der Waals surface area contributed by atoms with Gasteiger partial charge in [-0.25, -0.2) is 19.0 Å². The maximum absolute atomic E-state index is 14.0. The van der Waals surface area contributed by atoms with Crippen LogP contribution in [-0.2, 0) is 19.5 Å². The smallest absolute Gasteiger partial charge is 0.191 e. The Morgan fingerprint density at radius 1 is 1.45 bits per heavy atom. The average Bonchev–Trinajstić information content (AvgIpc) is 3.11. The Kier molecular flexibility index (Phi) is 8.37. The highest BCUT2D eigenvalue weighted by Gasteiger charge is 2.23. The number of nitrogens with zero attached hydrogens (tertiary/aromatic N) is 5. The van der Waals surface area contributed by atoms with Crippen molar-refractivity contribution in [2.24, 2.45) is 4.99 Å². The summed E-state index contributed by atoms with van der Waals surface area (Å²) in [7, 11) is 0. The Labute approximate surface area is 187 Å². The summed E-state index contributed by atoms with van der Waals surface area (Å²) in [5.74, 6) is 2.48. The number of rotatable bonds is 5. The fraction of sp³-hybridized carbons (Fsp3) is 0.500. The van der Waals surface area contributed by atoms with Crippen molar-refractivity contribution in [1.29, 1.82) is 5.26 Å². The van der Waals surface area contributed by atoms with Crippen molar-refractivity contribution in [2.75, 3.05) is 6.54 Å². The van der Waals surface area contributed by atoms with E-state index in [0.29, 0.717) is 29.5 Å². The molecule has 1 aliphatic heterocycles. The Morgan fingerprint density at radius 2 is 2.24 bits per heavy atom. The first-order valence-electron chi connectivity index (χ1n) is 9.67. The first kappa shape index (κ1) is 23.1. The summed E-state index contributed by atoms with van der Waals surface area (Å²) >= 11 is 0. The molecule has 2 aromatic rings. The lowest BCUT2D eigenvalue weighted by Crippen LogP contribution is -2.47. The zero-order chi connectivity index (χ0) is 20.1. The van der Waals surface area contributed by atoms with Gasteiger partial charge in [0.1, 0.15) is 11.6 Å². The molecule has 9 heteroatoms. The molecule has 0 amide bonds. The van der Waals surface area contributed by atoms with Crippen molar-refractivity contribution in [3.05, 3.63) is 46.8 Å². The second-order valence-electron chi connectivity index (χ2n) is 7.22. The number of halogens is 2. The third-order valence-electron chi connectivity index (χ3n) is 4.66. The zero-order valence-electron chi connectivity index (χ0n) is 16.9. The summed E-state index contributed by atoms with van der Waals surface area (Å²) in [5, 5.41) is 20.2. The van der Waals surface area contributed by atoms with Gasteiger partial charge >= 0.3 is 0 Å². The molecule has 1 aromatic heterocycles. The quantitative estimate of drug-likeness (QED) is 0.366. The predicted octanol–water partition coefficient (Wildman–Crippen LogP) is 3.10. The Bertz CT molecular complexity index is 901. The SMILES string of the molecule is CCNC(=NCc1cc(C#N)ccc1F)NC1CCc2nc(C(C)C)nn2C1.I. The molecule has 0 bridgehead atoms. The molecule has 2 N–H and O–H groups in total. The van der Waals surface area contributed by atoms with Crippen molar-refractivity contribution < 1.29 is 4.39 Å². The van der Waals surface area contributed by atoms with E-state index in [4.69, 9.17) is 5.26 Å². The van der Waals surface area contributed by atoms with Crippen LogP contribution >= 0.6 is 24.0 Å². The fourth-order valence-corrected chi connectivity index (χ4v) is 3.13. The van der Waals surface area contributed by atoms with Gasteiger partial charge in [-0.2, -0.15) is 10.4 Å². The fourth-order valence-electron chi connectivity index (χ4n) is 3.13. The number of nitriles is 1. The molecule has 156 valence electrons. The molecular weight excluding hydrogens is 484 g/mol. The maximum atomic E-state index is 14.0. The molecule has 3 rings (SSSR count). The second-order valence-corrected chi connectivity index (χ2v) is 7.22. The van der Waals surface area contributed by atoms with Crippen molar-refractivity contribution in [3.63, 3.8) is 0 Å². The Balaban J connectivity index is 0.00000300. The minimum atomic E-state index is -0.357. The van der Waals surface area contributed by atoms with Crippen LogP contribution < -0.4 is 10.6 Å². The van der Waals surface area contributed by atoms with Gasteiger partial charge in [0.25, 0.3) is 0 Å². The summed E-state index contributed by atoms with van der Waals surface area (Å²) in [5.41, 5.74) is 0.830. The van der Waals surface area contributed by atoms with Crippen molar-refractivity contribution in [3.8, 4) is 6.07 Å². The van der Waals surface area contributed by atoms with E-state index in [2.05, 4.69) is 39.6 Å². The molecule has 2 heterocycles. The van der Waals surface area contributed by atoms with Gasteiger partial charge < -0.3 is 10.6 Å². The molecule has 0 saturated carbocycles. The molecular formula is C20H27FIN7. The predicted molar refractivity (Wildman–Crippen MR) is 121 cm³/mol. The van der Waals surface area contributed by atoms with Crippen LogP contribution in [0.4, 0.5) is 4.39 Å². The highest BCUT2D eigenvalue weighted by Crippen LogP contribution is 2.17. The van der Waals surface area contributed by atoms with E-state index in [1.54, 1.807) is 0 Å². The molecule has 29 heavy (non-hydrogen) atoms. The summed E-state index contributed by atoms with van der Waals surface area (Å²) in [4.78, 5) is 9.12. The van der Waals surface area contributed by atoms with E-state index in [1.165, 1.54) is 18.2 Å². The number of aryl methyl sites for hydroxylation is 1. The van der Waals surface area contributed by atoms with Crippen LogP contribution in [-0.4, -0.2) is 33.3 Å².